The Labute approximate surface area is 121 Å². The second-order valence-electron chi connectivity index (χ2n) is 4.77. The lowest BCUT2D eigenvalue weighted by molar-refractivity contribution is 0.103. The molecule has 3 aromatic rings. The van der Waals surface area contributed by atoms with Crippen LogP contribution >= 0.6 is 0 Å². The highest BCUT2D eigenvalue weighted by molar-refractivity contribution is 6.07. The first-order valence-corrected chi connectivity index (χ1v) is 6.57. The Hall–Kier alpha value is -2.75. The monoisotopic (exact) mass is 280 g/mol. The Kier molecular flexibility index (Phi) is 3.36. The molecule has 4 heteroatoms. The number of hydrogen-bond donors (Lipinski definition) is 0. The van der Waals surface area contributed by atoms with Gasteiger partial charge in [-0.15, -0.1) is 0 Å². The number of benzene rings is 2. The van der Waals surface area contributed by atoms with Crippen LogP contribution < -0.4 is 0 Å². The van der Waals surface area contributed by atoms with Crippen molar-refractivity contribution in [2.24, 2.45) is 0 Å². The smallest absolute Gasteiger partial charge is 0.213 e. The largest absolute Gasteiger partial charge is 0.287 e. The van der Waals surface area contributed by atoms with Gasteiger partial charge in [0.15, 0.2) is 0 Å². The fourth-order valence-electron chi connectivity index (χ4n) is 2.10. The van der Waals surface area contributed by atoms with Crippen molar-refractivity contribution in [3.05, 3.63) is 83.4 Å². The highest BCUT2D eigenvalue weighted by atomic mass is 19.1. The number of para-hydroxylation sites is 1. The van der Waals surface area contributed by atoms with Crippen LogP contribution in [0.15, 0.2) is 60.8 Å². The Morgan fingerprint density at radius 2 is 1.86 bits per heavy atom. The van der Waals surface area contributed by atoms with E-state index in [1.165, 1.54) is 12.1 Å². The van der Waals surface area contributed by atoms with E-state index in [4.69, 9.17) is 0 Å². The molecule has 0 radical (unpaired) electrons. The molecule has 0 unspecified atom stereocenters. The standard InChI is InChI=1S/C17H13FN2O/c1-12-11-13(7-8-15(12)18)17(21)16-9-10-20(19-16)14-5-3-2-4-6-14/h2-11H,1H3. The number of rotatable bonds is 3. The van der Waals surface area contributed by atoms with Gasteiger partial charge in [0.2, 0.25) is 5.78 Å². The van der Waals surface area contributed by atoms with Crippen molar-refractivity contribution in [1.82, 2.24) is 9.78 Å². The summed E-state index contributed by atoms with van der Waals surface area (Å²) >= 11 is 0. The molecule has 21 heavy (non-hydrogen) atoms. The van der Waals surface area contributed by atoms with E-state index in [1.807, 2.05) is 30.3 Å². The summed E-state index contributed by atoms with van der Waals surface area (Å²) in [5.41, 5.74) is 2.10. The van der Waals surface area contributed by atoms with Crippen molar-refractivity contribution in [1.29, 1.82) is 0 Å². The zero-order valence-corrected chi connectivity index (χ0v) is 11.5. The molecular weight excluding hydrogens is 267 g/mol. The summed E-state index contributed by atoms with van der Waals surface area (Å²) < 4.78 is 14.9. The fraction of sp³-hybridized carbons (Fsp3) is 0.0588. The number of nitrogens with zero attached hydrogens (tertiary/aromatic N) is 2. The van der Waals surface area contributed by atoms with Crippen LogP contribution in [0.3, 0.4) is 0 Å². The third-order valence-electron chi connectivity index (χ3n) is 3.26. The van der Waals surface area contributed by atoms with Crippen LogP contribution in [0.4, 0.5) is 4.39 Å². The van der Waals surface area contributed by atoms with E-state index < -0.39 is 0 Å². The number of halogens is 1. The summed E-state index contributed by atoms with van der Waals surface area (Å²) in [7, 11) is 0. The molecule has 0 saturated heterocycles. The van der Waals surface area contributed by atoms with Crippen molar-refractivity contribution in [2.75, 3.05) is 0 Å². The highest BCUT2D eigenvalue weighted by Crippen LogP contribution is 2.14. The second-order valence-corrected chi connectivity index (χ2v) is 4.77. The van der Waals surface area contributed by atoms with Gasteiger partial charge in [-0.1, -0.05) is 18.2 Å². The Balaban J connectivity index is 1.92. The predicted molar refractivity (Wildman–Crippen MR) is 78.1 cm³/mol. The van der Waals surface area contributed by atoms with Crippen LogP contribution in [0.25, 0.3) is 5.69 Å². The van der Waals surface area contributed by atoms with Crippen LogP contribution in [0.2, 0.25) is 0 Å². The second kappa shape index (κ2) is 5.32. The maximum Gasteiger partial charge on any atom is 0.213 e. The minimum Gasteiger partial charge on any atom is -0.287 e. The molecule has 2 aromatic carbocycles. The first-order chi connectivity index (χ1) is 10.1. The van der Waals surface area contributed by atoms with E-state index >= 15 is 0 Å². The molecule has 0 bridgehead atoms. The molecular formula is C17H13FN2O. The third-order valence-corrected chi connectivity index (χ3v) is 3.26. The van der Waals surface area contributed by atoms with Crippen LogP contribution in [0.5, 0.6) is 0 Å². The van der Waals surface area contributed by atoms with Crippen molar-refractivity contribution in [3.8, 4) is 5.69 Å². The summed E-state index contributed by atoms with van der Waals surface area (Å²) in [5, 5.41) is 4.28. The first-order valence-electron chi connectivity index (χ1n) is 6.57. The third kappa shape index (κ3) is 2.60. The molecule has 104 valence electrons. The van der Waals surface area contributed by atoms with Gasteiger partial charge in [-0.25, -0.2) is 9.07 Å². The van der Waals surface area contributed by atoms with Gasteiger partial charge < -0.3 is 0 Å². The van der Waals surface area contributed by atoms with Crippen molar-refractivity contribution in [2.45, 2.75) is 6.92 Å². The highest BCUT2D eigenvalue weighted by Gasteiger charge is 2.14. The molecule has 1 aromatic heterocycles. The van der Waals surface area contributed by atoms with Gasteiger partial charge in [-0.3, -0.25) is 4.79 Å². The molecule has 0 aliphatic rings. The van der Waals surface area contributed by atoms with Gasteiger partial charge in [0.1, 0.15) is 11.5 Å². The molecule has 3 rings (SSSR count). The topological polar surface area (TPSA) is 34.9 Å². The van der Waals surface area contributed by atoms with E-state index in [2.05, 4.69) is 5.10 Å². The molecule has 0 saturated carbocycles. The van der Waals surface area contributed by atoms with Crippen molar-refractivity contribution < 1.29 is 9.18 Å². The molecule has 1 heterocycles. The SMILES string of the molecule is Cc1cc(C(=O)c2ccn(-c3ccccc3)n2)ccc1F. The van der Waals surface area contributed by atoms with Crippen molar-refractivity contribution >= 4 is 5.78 Å². The van der Waals surface area contributed by atoms with E-state index in [-0.39, 0.29) is 11.6 Å². The molecule has 0 spiro atoms. The molecule has 0 amide bonds. The molecule has 0 N–H and O–H groups in total. The van der Waals surface area contributed by atoms with Crippen LogP contribution in [-0.2, 0) is 0 Å². The van der Waals surface area contributed by atoms with Crippen molar-refractivity contribution in [3.63, 3.8) is 0 Å². The van der Waals surface area contributed by atoms with Crippen LogP contribution in [0, 0.1) is 12.7 Å². The normalized spacial score (nSPS) is 10.6. The summed E-state index contributed by atoms with van der Waals surface area (Å²) in [6, 6.07) is 15.5. The Morgan fingerprint density at radius 1 is 1.10 bits per heavy atom. The minimum atomic E-state index is -0.318. The summed E-state index contributed by atoms with van der Waals surface area (Å²) in [5.74, 6) is -0.533. The van der Waals surface area contributed by atoms with E-state index in [9.17, 15) is 9.18 Å². The fourth-order valence-corrected chi connectivity index (χ4v) is 2.10. The maximum atomic E-state index is 13.3. The lowest BCUT2D eigenvalue weighted by atomic mass is 10.1. The van der Waals surface area contributed by atoms with Gasteiger partial charge in [0.05, 0.1) is 5.69 Å². The van der Waals surface area contributed by atoms with Crippen LogP contribution in [-0.4, -0.2) is 15.6 Å². The molecule has 0 aliphatic heterocycles. The predicted octanol–water partition coefficient (Wildman–Crippen LogP) is 3.55. The zero-order chi connectivity index (χ0) is 14.8. The number of ketones is 1. The molecule has 0 atom stereocenters. The summed E-state index contributed by atoms with van der Waals surface area (Å²) in [6.45, 7) is 1.63. The number of carbonyl (C=O) groups is 1. The van der Waals surface area contributed by atoms with E-state index in [0.29, 0.717) is 16.8 Å². The summed E-state index contributed by atoms with van der Waals surface area (Å²) in [4.78, 5) is 12.4. The van der Waals surface area contributed by atoms with Gasteiger partial charge in [-0.2, -0.15) is 5.10 Å². The Bertz CT molecular complexity index is 794. The van der Waals surface area contributed by atoms with Gasteiger partial charge >= 0.3 is 0 Å². The van der Waals surface area contributed by atoms with Gasteiger partial charge in [0.25, 0.3) is 0 Å². The lowest BCUT2D eigenvalue weighted by Gasteiger charge is -2.02. The average molecular weight is 280 g/mol. The zero-order valence-electron chi connectivity index (χ0n) is 11.5. The molecule has 0 aliphatic carbocycles. The quantitative estimate of drug-likeness (QED) is 0.688. The number of aryl methyl sites for hydroxylation is 1. The van der Waals surface area contributed by atoms with E-state index in [0.717, 1.165) is 5.69 Å². The molecule has 0 fully saturated rings. The molecule has 3 nitrogen and oxygen atoms in total. The maximum absolute atomic E-state index is 13.3. The Morgan fingerprint density at radius 3 is 2.57 bits per heavy atom. The lowest BCUT2D eigenvalue weighted by Crippen LogP contribution is -2.05. The van der Waals surface area contributed by atoms with Gasteiger partial charge in [0, 0.05) is 11.8 Å². The number of aromatic nitrogens is 2. The minimum absolute atomic E-state index is 0.215. The van der Waals surface area contributed by atoms with E-state index in [1.54, 1.807) is 29.9 Å². The van der Waals surface area contributed by atoms with Crippen LogP contribution in [0.1, 0.15) is 21.6 Å². The summed E-state index contributed by atoms with van der Waals surface area (Å²) in [6.07, 6.45) is 1.74. The first kappa shape index (κ1) is 13.2. The number of carbonyl (C=O) groups excluding carboxylic acids is 1. The average Bonchev–Trinajstić information content (AvgIpc) is 3.00. The van der Waals surface area contributed by atoms with Gasteiger partial charge in [-0.05, 0) is 48.9 Å². The number of hydrogen-bond acceptors (Lipinski definition) is 2.